The summed E-state index contributed by atoms with van der Waals surface area (Å²) in [5.41, 5.74) is 1.97. The van der Waals surface area contributed by atoms with E-state index < -0.39 is 5.97 Å². The van der Waals surface area contributed by atoms with E-state index in [0.717, 1.165) is 16.9 Å². The molecule has 1 amide bonds. The molecule has 0 radical (unpaired) electrons. The van der Waals surface area contributed by atoms with Crippen LogP contribution in [-0.4, -0.2) is 32.7 Å². The summed E-state index contributed by atoms with van der Waals surface area (Å²) in [4.78, 5) is 25.1. The fraction of sp³-hybridized carbons (Fsp3) is 0.190. The summed E-state index contributed by atoms with van der Waals surface area (Å²) in [5, 5.41) is 8.73. The lowest BCUT2D eigenvalue weighted by molar-refractivity contribution is -0.137. The Labute approximate surface area is 173 Å². The molecule has 2 aromatic carbocycles. The van der Waals surface area contributed by atoms with Crippen molar-refractivity contribution < 1.29 is 19.4 Å². The van der Waals surface area contributed by atoms with Crippen molar-refractivity contribution in [3.05, 3.63) is 70.6 Å². The van der Waals surface area contributed by atoms with Crippen LogP contribution < -0.4 is 4.74 Å². The van der Waals surface area contributed by atoms with E-state index in [4.69, 9.17) is 22.1 Å². The Morgan fingerprint density at radius 1 is 1.14 bits per heavy atom. The molecule has 2 aromatic rings. The second kappa shape index (κ2) is 9.52. The molecule has 1 fully saturated rings. The second-order valence-electron chi connectivity index (χ2n) is 6.17. The van der Waals surface area contributed by atoms with Gasteiger partial charge in [-0.25, -0.2) is 0 Å². The maximum Gasteiger partial charge on any atom is 0.303 e. The number of carboxylic acid groups (broad SMARTS) is 1. The van der Waals surface area contributed by atoms with Gasteiger partial charge in [-0.1, -0.05) is 66.4 Å². The summed E-state index contributed by atoms with van der Waals surface area (Å²) in [7, 11) is 0. The average molecular weight is 414 g/mol. The number of carbonyl (C=O) groups excluding carboxylic acids is 1. The highest BCUT2D eigenvalue weighted by molar-refractivity contribution is 8.26. The average Bonchev–Trinajstić information content (AvgIpc) is 2.95. The zero-order valence-electron chi connectivity index (χ0n) is 15.0. The zero-order chi connectivity index (χ0) is 19.9. The molecule has 3 rings (SSSR count). The van der Waals surface area contributed by atoms with E-state index in [9.17, 15) is 9.59 Å². The van der Waals surface area contributed by atoms with Crippen LogP contribution in [0.3, 0.4) is 0 Å². The van der Waals surface area contributed by atoms with Crippen LogP contribution in [0.4, 0.5) is 0 Å². The van der Waals surface area contributed by atoms with E-state index in [1.165, 1.54) is 16.7 Å². The van der Waals surface area contributed by atoms with Gasteiger partial charge in [-0.15, -0.1) is 0 Å². The Morgan fingerprint density at radius 2 is 1.86 bits per heavy atom. The molecule has 0 atom stereocenters. The van der Waals surface area contributed by atoms with Crippen molar-refractivity contribution in [3.63, 3.8) is 0 Å². The molecular formula is C21H19NO4S2. The normalized spacial score (nSPS) is 15.3. The summed E-state index contributed by atoms with van der Waals surface area (Å²) < 4.78 is 6.23. The topological polar surface area (TPSA) is 66.8 Å². The quantitative estimate of drug-likeness (QED) is 0.513. The monoisotopic (exact) mass is 413 g/mol. The Hall–Kier alpha value is -2.64. The molecule has 28 heavy (non-hydrogen) atoms. The fourth-order valence-electron chi connectivity index (χ4n) is 2.63. The van der Waals surface area contributed by atoms with Gasteiger partial charge in [0.2, 0.25) is 0 Å². The van der Waals surface area contributed by atoms with Crippen LogP contribution in [-0.2, 0) is 16.2 Å². The van der Waals surface area contributed by atoms with Crippen LogP contribution in [0.25, 0.3) is 6.08 Å². The number of thioether (sulfide) groups is 1. The second-order valence-corrected chi connectivity index (χ2v) is 7.85. The summed E-state index contributed by atoms with van der Waals surface area (Å²) in [5.74, 6) is -0.303. The highest BCUT2D eigenvalue weighted by Gasteiger charge is 2.31. The van der Waals surface area contributed by atoms with Gasteiger partial charge in [0.15, 0.2) is 0 Å². The van der Waals surface area contributed by atoms with E-state index in [1.807, 2.05) is 54.6 Å². The molecule has 144 valence electrons. The number of ether oxygens (including phenoxy) is 1. The number of thiocarbonyl (C=S) groups is 1. The Bertz CT molecular complexity index is 894. The van der Waals surface area contributed by atoms with Gasteiger partial charge in [0.05, 0.1) is 4.91 Å². The summed E-state index contributed by atoms with van der Waals surface area (Å²) in [6.45, 7) is 0.815. The Kier molecular flexibility index (Phi) is 6.84. The van der Waals surface area contributed by atoms with Gasteiger partial charge in [0.1, 0.15) is 16.7 Å². The van der Waals surface area contributed by atoms with E-state index in [-0.39, 0.29) is 12.3 Å². The molecule has 0 spiro atoms. The van der Waals surface area contributed by atoms with E-state index in [1.54, 1.807) is 6.08 Å². The molecule has 5 nitrogen and oxygen atoms in total. The maximum absolute atomic E-state index is 12.5. The molecule has 1 heterocycles. The molecule has 0 aliphatic carbocycles. The lowest BCUT2D eigenvalue weighted by Gasteiger charge is -2.13. The van der Waals surface area contributed by atoms with Gasteiger partial charge >= 0.3 is 5.97 Å². The van der Waals surface area contributed by atoms with E-state index in [2.05, 4.69) is 0 Å². The molecule has 1 aliphatic heterocycles. The van der Waals surface area contributed by atoms with Crippen LogP contribution in [0.1, 0.15) is 24.0 Å². The first-order valence-electron chi connectivity index (χ1n) is 8.77. The SMILES string of the molecule is O=C(O)CCCN1C(=O)/C(=C/c2ccc(OCc3ccccc3)cc2)SC1=S. The van der Waals surface area contributed by atoms with Crippen LogP contribution in [0.5, 0.6) is 5.75 Å². The third kappa shape index (κ3) is 5.43. The van der Waals surface area contributed by atoms with Gasteiger partial charge in [0.25, 0.3) is 5.91 Å². The largest absolute Gasteiger partial charge is 0.489 e. The summed E-state index contributed by atoms with van der Waals surface area (Å²) in [6.07, 6.45) is 2.18. The first-order valence-corrected chi connectivity index (χ1v) is 9.99. The predicted octanol–water partition coefficient (Wildman–Crippen LogP) is 4.33. The van der Waals surface area contributed by atoms with Crippen molar-refractivity contribution in [2.45, 2.75) is 19.4 Å². The van der Waals surface area contributed by atoms with Crippen molar-refractivity contribution in [3.8, 4) is 5.75 Å². The fourth-order valence-corrected chi connectivity index (χ4v) is 3.94. The third-order valence-electron chi connectivity index (χ3n) is 4.07. The number of hydrogen-bond donors (Lipinski definition) is 1. The number of nitrogens with zero attached hydrogens (tertiary/aromatic N) is 1. The lowest BCUT2D eigenvalue weighted by atomic mass is 10.2. The molecule has 0 aromatic heterocycles. The number of aliphatic carboxylic acids is 1. The maximum atomic E-state index is 12.5. The minimum atomic E-state index is -0.879. The van der Waals surface area contributed by atoms with Crippen LogP contribution in [0, 0.1) is 0 Å². The van der Waals surface area contributed by atoms with Crippen molar-refractivity contribution in [1.82, 2.24) is 4.90 Å². The number of carbonyl (C=O) groups is 2. The van der Waals surface area contributed by atoms with Gasteiger partial charge in [-0.3, -0.25) is 14.5 Å². The first-order chi connectivity index (χ1) is 13.5. The Morgan fingerprint density at radius 3 is 2.54 bits per heavy atom. The van der Waals surface area contributed by atoms with E-state index in [0.29, 0.717) is 28.8 Å². The summed E-state index contributed by atoms with van der Waals surface area (Å²) in [6, 6.07) is 17.4. The van der Waals surface area contributed by atoms with Crippen molar-refractivity contribution in [2.24, 2.45) is 0 Å². The van der Waals surface area contributed by atoms with Gasteiger partial charge in [-0.05, 0) is 35.8 Å². The van der Waals surface area contributed by atoms with Gasteiger partial charge in [0, 0.05) is 13.0 Å². The molecular weight excluding hydrogens is 394 g/mol. The minimum Gasteiger partial charge on any atom is -0.489 e. The van der Waals surface area contributed by atoms with Crippen LogP contribution in [0.15, 0.2) is 59.5 Å². The lowest BCUT2D eigenvalue weighted by Crippen LogP contribution is -2.29. The van der Waals surface area contributed by atoms with Crippen molar-refractivity contribution in [1.29, 1.82) is 0 Å². The first kappa shape index (κ1) is 20.1. The Balaban J connectivity index is 1.59. The molecule has 0 saturated carbocycles. The third-order valence-corrected chi connectivity index (χ3v) is 5.45. The summed E-state index contributed by atoms with van der Waals surface area (Å²) >= 11 is 6.49. The smallest absolute Gasteiger partial charge is 0.303 e. The van der Waals surface area contributed by atoms with Gasteiger partial charge < -0.3 is 9.84 Å². The molecule has 0 unspecified atom stereocenters. The molecule has 7 heteroatoms. The van der Waals surface area contributed by atoms with Crippen LogP contribution >= 0.6 is 24.0 Å². The molecule has 1 N–H and O–H groups in total. The van der Waals surface area contributed by atoms with Crippen molar-refractivity contribution in [2.75, 3.05) is 6.54 Å². The minimum absolute atomic E-state index is 0.0144. The number of amides is 1. The number of hydrogen-bond acceptors (Lipinski definition) is 5. The number of rotatable bonds is 8. The predicted molar refractivity (Wildman–Crippen MR) is 114 cm³/mol. The molecule has 0 bridgehead atoms. The van der Waals surface area contributed by atoms with Crippen LogP contribution in [0.2, 0.25) is 0 Å². The standard InChI is InChI=1S/C21H19NO4S2/c23-19(24)7-4-12-22-20(25)18(28-21(22)27)13-15-8-10-17(11-9-15)26-14-16-5-2-1-3-6-16/h1-3,5-6,8-11,13H,4,7,12,14H2,(H,23,24)/b18-13-. The number of carboxylic acids is 1. The number of benzene rings is 2. The highest BCUT2D eigenvalue weighted by Crippen LogP contribution is 2.33. The van der Waals surface area contributed by atoms with Crippen molar-refractivity contribution >= 4 is 46.3 Å². The molecule has 1 aliphatic rings. The highest BCUT2D eigenvalue weighted by atomic mass is 32.2. The van der Waals surface area contributed by atoms with Gasteiger partial charge in [-0.2, -0.15) is 0 Å². The van der Waals surface area contributed by atoms with E-state index >= 15 is 0 Å². The molecule has 1 saturated heterocycles. The zero-order valence-corrected chi connectivity index (χ0v) is 16.7.